The van der Waals surface area contributed by atoms with E-state index in [9.17, 15) is 19.2 Å². The van der Waals surface area contributed by atoms with Crippen molar-refractivity contribution in [3.63, 3.8) is 0 Å². The molecule has 4 atom stereocenters. The van der Waals surface area contributed by atoms with E-state index in [-0.39, 0.29) is 38.9 Å². The Kier molecular flexibility index (Phi) is 9.00. The number of ether oxygens (including phenoxy) is 4. The van der Waals surface area contributed by atoms with Gasteiger partial charge in [-0.2, -0.15) is 0 Å². The monoisotopic (exact) mass is 376 g/mol. The highest BCUT2D eigenvalue weighted by Gasteiger charge is 2.51. The van der Waals surface area contributed by atoms with Gasteiger partial charge in [0, 0.05) is 0 Å². The quantitative estimate of drug-likeness (QED) is 0.569. The molecule has 0 bridgehead atoms. The fraction of sp³-hybridized carbons (Fsp3) is 0.750. The minimum Gasteiger partial charge on any atom is -0.481 e. The second-order valence-corrected chi connectivity index (χ2v) is 5.44. The molecule has 10 heteroatoms. The molecular formula is C16H24O10. The van der Waals surface area contributed by atoms with Gasteiger partial charge in [-0.05, 0) is 0 Å². The van der Waals surface area contributed by atoms with E-state index in [1.54, 1.807) is 0 Å². The number of carboxylic acid groups (broad SMARTS) is 2. The van der Waals surface area contributed by atoms with Crippen LogP contribution in [0.1, 0.15) is 39.5 Å². The van der Waals surface area contributed by atoms with E-state index in [0.29, 0.717) is 0 Å². The number of aliphatic carboxylic acids is 2. The van der Waals surface area contributed by atoms with Crippen molar-refractivity contribution in [2.45, 2.75) is 63.9 Å². The van der Waals surface area contributed by atoms with Gasteiger partial charge in [0.25, 0.3) is 0 Å². The van der Waals surface area contributed by atoms with Crippen molar-refractivity contribution in [3.8, 4) is 0 Å². The first kappa shape index (κ1) is 21.8. The summed E-state index contributed by atoms with van der Waals surface area (Å²) in [6.07, 6.45) is -3.76. The molecule has 148 valence electrons. The summed E-state index contributed by atoms with van der Waals surface area (Å²) in [5.74, 6) is -3.54. The van der Waals surface area contributed by atoms with Gasteiger partial charge in [-0.25, -0.2) is 0 Å². The molecule has 2 heterocycles. The Bertz CT molecular complexity index is 471. The van der Waals surface area contributed by atoms with E-state index in [2.05, 4.69) is 0 Å². The zero-order valence-corrected chi connectivity index (χ0v) is 14.7. The number of hydrogen-bond acceptors (Lipinski definition) is 8. The third-order valence-corrected chi connectivity index (χ3v) is 3.61. The molecule has 0 aromatic heterocycles. The average molecular weight is 376 g/mol. The summed E-state index contributed by atoms with van der Waals surface area (Å²) in [6.45, 7) is 4.11. The van der Waals surface area contributed by atoms with Crippen LogP contribution < -0.4 is 0 Å². The van der Waals surface area contributed by atoms with Gasteiger partial charge in [0.05, 0.1) is 38.9 Å². The predicted molar refractivity (Wildman–Crippen MR) is 84.3 cm³/mol. The highest BCUT2D eigenvalue weighted by atomic mass is 16.7. The van der Waals surface area contributed by atoms with E-state index >= 15 is 0 Å². The van der Waals surface area contributed by atoms with E-state index < -0.39 is 48.3 Å². The average Bonchev–Trinajstić information content (AvgIpc) is 3.17. The zero-order valence-electron chi connectivity index (χ0n) is 14.7. The van der Waals surface area contributed by atoms with Gasteiger partial charge in [0.1, 0.15) is 12.2 Å². The lowest BCUT2D eigenvalue weighted by Crippen LogP contribution is -2.36. The van der Waals surface area contributed by atoms with Crippen LogP contribution >= 0.6 is 0 Å². The summed E-state index contributed by atoms with van der Waals surface area (Å²) in [7, 11) is 0. The highest BCUT2D eigenvalue weighted by molar-refractivity contribution is 5.77. The number of carboxylic acids is 2. The third kappa shape index (κ3) is 6.60. The molecule has 0 aromatic rings. The molecule has 2 rings (SSSR count). The molecule has 10 nitrogen and oxygen atoms in total. The molecule has 0 amide bonds. The van der Waals surface area contributed by atoms with Crippen LogP contribution in [0.5, 0.6) is 0 Å². The smallest absolute Gasteiger partial charge is 0.306 e. The standard InChI is InChI=1S/C14H18O10.C2H6/c15-9(16)1-3-11(19)23-7-5-21-14-8(6-22-13(7)14)24-12(20)4-2-10(17)18;1-2/h7-8,13-14H,1-6H2,(H,15,16)(H,17,18);1-2H3/t7-,8-,13-,14-;/m1./s1. The largest absolute Gasteiger partial charge is 0.481 e. The zero-order chi connectivity index (χ0) is 19.7. The van der Waals surface area contributed by atoms with Crippen molar-refractivity contribution in [2.75, 3.05) is 13.2 Å². The molecule has 0 aliphatic carbocycles. The van der Waals surface area contributed by atoms with Crippen LogP contribution in [0, 0.1) is 0 Å². The van der Waals surface area contributed by atoms with Crippen molar-refractivity contribution in [1.82, 2.24) is 0 Å². The van der Waals surface area contributed by atoms with Crippen molar-refractivity contribution in [2.24, 2.45) is 0 Å². The summed E-state index contributed by atoms with van der Waals surface area (Å²) in [6, 6.07) is 0. The number of hydrogen-bond donors (Lipinski definition) is 2. The molecule has 2 saturated heterocycles. The summed E-state index contributed by atoms with van der Waals surface area (Å²) >= 11 is 0. The Labute approximate surface area is 150 Å². The van der Waals surface area contributed by atoms with Crippen molar-refractivity contribution in [1.29, 1.82) is 0 Å². The topological polar surface area (TPSA) is 146 Å². The molecule has 0 spiro atoms. The van der Waals surface area contributed by atoms with Gasteiger partial charge in [-0.3, -0.25) is 19.2 Å². The van der Waals surface area contributed by atoms with Crippen LogP contribution in [0.2, 0.25) is 0 Å². The van der Waals surface area contributed by atoms with Gasteiger partial charge in [-0.1, -0.05) is 13.8 Å². The van der Waals surface area contributed by atoms with Crippen LogP contribution in [0.15, 0.2) is 0 Å². The Morgan fingerprint density at radius 1 is 0.769 bits per heavy atom. The minimum absolute atomic E-state index is 0.0529. The van der Waals surface area contributed by atoms with Gasteiger partial charge in [-0.15, -0.1) is 0 Å². The number of esters is 2. The lowest BCUT2D eigenvalue weighted by atomic mass is 10.1. The maximum Gasteiger partial charge on any atom is 0.306 e. The van der Waals surface area contributed by atoms with E-state index in [0.717, 1.165) is 0 Å². The fourth-order valence-electron chi connectivity index (χ4n) is 2.50. The molecule has 26 heavy (non-hydrogen) atoms. The Morgan fingerprint density at radius 3 is 1.42 bits per heavy atom. The normalized spacial score (nSPS) is 26.2. The van der Waals surface area contributed by atoms with Crippen molar-refractivity contribution in [3.05, 3.63) is 0 Å². The van der Waals surface area contributed by atoms with Gasteiger partial charge in [0.2, 0.25) is 0 Å². The van der Waals surface area contributed by atoms with Gasteiger partial charge in [0.15, 0.2) is 12.2 Å². The molecule has 2 aliphatic rings. The molecule has 0 unspecified atom stereocenters. The lowest BCUT2D eigenvalue weighted by Gasteiger charge is -2.17. The number of rotatable bonds is 8. The minimum atomic E-state index is -1.10. The molecule has 0 aromatic carbocycles. The van der Waals surface area contributed by atoms with Gasteiger partial charge >= 0.3 is 23.9 Å². The van der Waals surface area contributed by atoms with Crippen LogP contribution in [0.4, 0.5) is 0 Å². The molecule has 0 radical (unpaired) electrons. The highest BCUT2D eigenvalue weighted by Crippen LogP contribution is 2.31. The maximum atomic E-state index is 11.6. The van der Waals surface area contributed by atoms with Crippen LogP contribution in [-0.4, -0.2) is 71.7 Å². The molecule has 0 saturated carbocycles. The Morgan fingerprint density at radius 2 is 1.12 bits per heavy atom. The molecule has 2 fully saturated rings. The van der Waals surface area contributed by atoms with E-state index in [1.165, 1.54) is 0 Å². The number of carbonyl (C=O) groups is 4. The fourth-order valence-corrected chi connectivity index (χ4v) is 2.50. The first-order valence-corrected chi connectivity index (χ1v) is 8.42. The molecule has 2 N–H and O–H groups in total. The summed E-state index contributed by atoms with van der Waals surface area (Å²) in [4.78, 5) is 44.0. The second kappa shape index (κ2) is 10.7. The summed E-state index contributed by atoms with van der Waals surface area (Å²) in [5, 5.41) is 17.1. The summed E-state index contributed by atoms with van der Waals surface area (Å²) in [5.41, 5.74) is 0. The van der Waals surface area contributed by atoms with Crippen molar-refractivity contribution >= 4 is 23.9 Å². The Hall–Kier alpha value is -2.20. The first-order chi connectivity index (χ1) is 12.4. The lowest BCUT2D eigenvalue weighted by molar-refractivity contribution is -0.157. The predicted octanol–water partition coefficient (Wildman–Crippen LogP) is 0.363. The third-order valence-electron chi connectivity index (χ3n) is 3.61. The Balaban J connectivity index is 0.00000163. The van der Waals surface area contributed by atoms with Crippen LogP contribution in [-0.2, 0) is 38.1 Å². The second-order valence-electron chi connectivity index (χ2n) is 5.44. The maximum absolute atomic E-state index is 11.6. The molecular weight excluding hydrogens is 352 g/mol. The van der Waals surface area contributed by atoms with Gasteiger partial charge < -0.3 is 29.2 Å². The molecule has 2 aliphatic heterocycles. The van der Waals surface area contributed by atoms with E-state index in [4.69, 9.17) is 29.2 Å². The van der Waals surface area contributed by atoms with Crippen LogP contribution in [0.25, 0.3) is 0 Å². The van der Waals surface area contributed by atoms with Crippen LogP contribution in [0.3, 0.4) is 0 Å². The van der Waals surface area contributed by atoms with E-state index in [1.807, 2.05) is 13.8 Å². The van der Waals surface area contributed by atoms with Crippen molar-refractivity contribution < 1.29 is 48.3 Å². The first-order valence-electron chi connectivity index (χ1n) is 8.42. The summed E-state index contributed by atoms with van der Waals surface area (Å²) < 4.78 is 21.2. The SMILES string of the molecule is CC.O=C(O)CCC(=O)O[C@@H]1CO[C@H]2[C@@H]1OC[C@H]2OC(=O)CCC(=O)O. The number of carbonyl (C=O) groups excluding carboxylic acids is 2. The number of fused-ring (bicyclic) bond motifs is 1.